The summed E-state index contributed by atoms with van der Waals surface area (Å²) in [6, 6.07) is 12.0. The predicted molar refractivity (Wildman–Crippen MR) is 97.9 cm³/mol. The Morgan fingerprint density at radius 3 is 2.11 bits per heavy atom. The monoisotopic (exact) mass is 373 g/mol. The number of hydrogen-bond donors (Lipinski definition) is 2. The topological polar surface area (TPSA) is 61.4 Å². The van der Waals surface area contributed by atoms with Crippen molar-refractivity contribution >= 4 is 17.5 Å². The summed E-state index contributed by atoms with van der Waals surface area (Å²) in [6.45, 7) is 0.567. The number of carbonyl (C=O) groups is 2. The van der Waals surface area contributed by atoms with Crippen LogP contribution in [-0.2, 0) is 16.1 Å². The summed E-state index contributed by atoms with van der Waals surface area (Å²) < 4.78 is 25.9. The molecule has 7 heteroatoms. The number of nitrogens with zero attached hydrogens (tertiary/aromatic N) is 1. The van der Waals surface area contributed by atoms with E-state index in [4.69, 9.17) is 0 Å². The smallest absolute Gasteiger partial charge is 0.243 e. The van der Waals surface area contributed by atoms with E-state index in [9.17, 15) is 18.4 Å². The lowest BCUT2D eigenvalue weighted by atomic mass is 10.2. The van der Waals surface area contributed by atoms with Crippen LogP contribution in [0.3, 0.4) is 0 Å². The van der Waals surface area contributed by atoms with Gasteiger partial charge in [0.15, 0.2) is 0 Å². The van der Waals surface area contributed by atoms with Gasteiger partial charge in [0.2, 0.25) is 11.8 Å². The summed E-state index contributed by atoms with van der Waals surface area (Å²) in [5, 5.41) is 5.18. The molecule has 0 unspecified atom stereocenters. The van der Waals surface area contributed by atoms with Crippen LogP contribution in [-0.4, -0.2) is 35.8 Å². The first-order valence-electron chi connectivity index (χ1n) is 8.80. The Labute approximate surface area is 156 Å². The standard InChI is InChI=1S/C20H21F2N3O2/c21-15-3-1-14(2-4-15)12-25(18-9-10-18)13-20(27)23-11-19(26)24-17-7-5-16(22)6-8-17/h1-8,18H,9-13H2,(H,23,27)(H,24,26). The van der Waals surface area contributed by atoms with Crippen molar-refractivity contribution in [2.45, 2.75) is 25.4 Å². The third-order valence-corrected chi connectivity index (χ3v) is 4.28. The van der Waals surface area contributed by atoms with Crippen LogP contribution in [0.4, 0.5) is 14.5 Å². The molecule has 0 radical (unpaired) electrons. The highest BCUT2D eigenvalue weighted by Gasteiger charge is 2.30. The van der Waals surface area contributed by atoms with E-state index in [0.29, 0.717) is 18.3 Å². The van der Waals surface area contributed by atoms with E-state index in [-0.39, 0.29) is 36.5 Å². The molecule has 2 aromatic rings. The van der Waals surface area contributed by atoms with Crippen LogP contribution in [0.25, 0.3) is 0 Å². The lowest BCUT2D eigenvalue weighted by Gasteiger charge is -2.21. The molecule has 0 bridgehead atoms. The molecular weight excluding hydrogens is 352 g/mol. The number of nitrogens with one attached hydrogen (secondary N) is 2. The summed E-state index contributed by atoms with van der Waals surface area (Å²) in [5.41, 5.74) is 1.40. The van der Waals surface area contributed by atoms with Gasteiger partial charge < -0.3 is 10.6 Å². The minimum absolute atomic E-state index is 0.161. The van der Waals surface area contributed by atoms with Crippen molar-refractivity contribution in [2.75, 3.05) is 18.4 Å². The van der Waals surface area contributed by atoms with Crippen LogP contribution >= 0.6 is 0 Å². The molecule has 5 nitrogen and oxygen atoms in total. The van der Waals surface area contributed by atoms with Crippen molar-refractivity contribution in [1.29, 1.82) is 0 Å². The molecule has 1 aliphatic rings. The van der Waals surface area contributed by atoms with Crippen LogP contribution < -0.4 is 10.6 Å². The Kier molecular flexibility index (Phi) is 6.13. The lowest BCUT2D eigenvalue weighted by molar-refractivity contribution is -0.125. The molecule has 2 amide bonds. The molecule has 142 valence electrons. The first-order valence-corrected chi connectivity index (χ1v) is 8.80. The average Bonchev–Trinajstić information content (AvgIpc) is 3.48. The maximum Gasteiger partial charge on any atom is 0.243 e. The van der Waals surface area contributed by atoms with Gasteiger partial charge in [0.25, 0.3) is 0 Å². The van der Waals surface area contributed by atoms with Crippen molar-refractivity contribution in [3.05, 3.63) is 65.7 Å². The van der Waals surface area contributed by atoms with Crippen molar-refractivity contribution in [3.63, 3.8) is 0 Å². The minimum Gasteiger partial charge on any atom is -0.346 e. The highest BCUT2D eigenvalue weighted by molar-refractivity contribution is 5.94. The zero-order valence-electron chi connectivity index (χ0n) is 14.8. The van der Waals surface area contributed by atoms with Gasteiger partial charge >= 0.3 is 0 Å². The van der Waals surface area contributed by atoms with Crippen molar-refractivity contribution < 1.29 is 18.4 Å². The van der Waals surface area contributed by atoms with Crippen LogP contribution in [0.1, 0.15) is 18.4 Å². The molecule has 27 heavy (non-hydrogen) atoms. The van der Waals surface area contributed by atoms with Gasteiger partial charge in [-0.05, 0) is 54.8 Å². The molecule has 0 aromatic heterocycles. The molecule has 0 saturated heterocycles. The number of amides is 2. The third-order valence-electron chi connectivity index (χ3n) is 4.28. The van der Waals surface area contributed by atoms with Crippen molar-refractivity contribution in [2.24, 2.45) is 0 Å². The van der Waals surface area contributed by atoms with Gasteiger partial charge in [0.05, 0.1) is 13.1 Å². The average molecular weight is 373 g/mol. The molecule has 2 N–H and O–H groups in total. The van der Waals surface area contributed by atoms with Gasteiger partial charge in [-0.1, -0.05) is 12.1 Å². The molecular formula is C20H21F2N3O2. The van der Waals surface area contributed by atoms with Crippen LogP contribution in [0.2, 0.25) is 0 Å². The van der Waals surface area contributed by atoms with E-state index in [1.165, 1.54) is 36.4 Å². The van der Waals surface area contributed by atoms with Gasteiger partial charge in [-0.15, -0.1) is 0 Å². The van der Waals surface area contributed by atoms with Crippen LogP contribution in [0.5, 0.6) is 0 Å². The lowest BCUT2D eigenvalue weighted by Crippen LogP contribution is -2.41. The fraction of sp³-hybridized carbons (Fsp3) is 0.300. The number of benzene rings is 2. The molecule has 1 saturated carbocycles. The summed E-state index contributed by atoms with van der Waals surface area (Å²) in [5.74, 6) is -1.31. The second-order valence-corrected chi connectivity index (χ2v) is 6.59. The van der Waals surface area contributed by atoms with E-state index in [2.05, 4.69) is 10.6 Å². The Morgan fingerprint density at radius 1 is 0.926 bits per heavy atom. The zero-order valence-corrected chi connectivity index (χ0v) is 14.8. The van der Waals surface area contributed by atoms with Crippen LogP contribution in [0, 0.1) is 11.6 Å². The molecule has 1 aliphatic carbocycles. The van der Waals surface area contributed by atoms with E-state index in [1.54, 1.807) is 12.1 Å². The molecule has 0 spiro atoms. The fourth-order valence-corrected chi connectivity index (χ4v) is 2.74. The fourth-order valence-electron chi connectivity index (χ4n) is 2.74. The normalized spacial score (nSPS) is 13.4. The maximum absolute atomic E-state index is 13.0. The van der Waals surface area contributed by atoms with Crippen molar-refractivity contribution in [3.8, 4) is 0 Å². The minimum atomic E-state index is -0.386. The highest BCUT2D eigenvalue weighted by Crippen LogP contribution is 2.28. The van der Waals surface area contributed by atoms with E-state index < -0.39 is 0 Å². The second-order valence-electron chi connectivity index (χ2n) is 6.59. The Balaban J connectivity index is 1.45. The van der Waals surface area contributed by atoms with E-state index >= 15 is 0 Å². The van der Waals surface area contributed by atoms with E-state index in [0.717, 1.165) is 18.4 Å². The summed E-state index contributed by atoms with van der Waals surface area (Å²) >= 11 is 0. The highest BCUT2D eigenvalue weighted by atomic mass is 19.1. The SMILES string of the molecule is O=C(CN(Cc1ccc(F)cc1)C1CC1)NCC(=O)Nc1ccc(F)cc1. The zero-order chi connectivity index (χ0) is 19.2. The Bertz CT molecular complexity index is 790. The van der Waals surface area contributed by atoms with Gasteiger partial charge in [-0.25, -0.2) is 8.78 Å². The molecule has 0 heterocycles. The summed E-state index contributed by atoms with van der Waals surface area (Å²) in [4.78, 5) is 26.1. The number of rotatable bonds is 8. The van der Waals surface area contributed by atoms with Gasteiger partial charge in [-0.2, -0.15) is 0 Å². The molecule has 3 rings (SSSR count). The summed E-state index contributed by atoms with van der Waals surface area (Å²) in [6.07, 6.45) is 2.05. The van der Waals surface area contributed by atoms with Gasteiger partial charge in [0.1, 0.15) is 11.6 Å². The molecule has 1 fully saturated rings. The summed E-state index contributed by atoms with van der Waals surface area (Å²) in [7, 11) is 0. The van der Waals surface area contributed by atoms with Gasteiger partial charge in [0, 0.05) is 18.3 Å². The first kappa shape index (κ1) is 19.0. The molecule has 0 atom stereocenters. The van der Waals surface area contributed by atoms with Crippen molar-refractivity contribution in [1.82, 2.24) is 10.2 Å². The quantitative estimate of drug-likeness (QED) is 0.748. The van der Waals surface area contributed by atoms with Crippen LogP contribution in [0.15, 0.2) is 48.5 Å². The Hall–Kier alpha value is -2.80. The number of anilines is 1. The van der Waals surface area contributed by atoms with Gasteiger partial charge in [-0.3, -0.25) is 14.5 Å². The first-order chi connectivity index (χ1) is 13.0. The third kappa shape index (κ3) is 6.14. The second kappa shape index (κ2) is 8.73. The molecule has 0 aliphatic heterocycles. The number of carbonyl (C=O) groups excluding carboxylic acids is 2. The van der Waals surface area contributed by atoms with E-state index in [1.807, 2.05) is 4.90 Å². The largest absolute Gasteiger partial charge is 0.346 e. The number of hydrogen-bond acceptors (Lipinski definition) is 3. The molecule has 2 aromatic carbocycles. The Morgan fingerprint density at radius 2 is 1.52 bits per heavy atom. The number of halogens is 2. The maximum atomic E-state index is 13.0. The predicted octanol–water partition coefficient (Wildman–Crippen LogP) is 2.68.